The number of unbranched alkanes of at least 4 members (excludes halogenated alkanes) is 1. The molecule has 0 amide bonds. The molecule has 0 saturated carbocycles. The molecule has 1 aliphatic rings. The van der Waals surface area contributed by atoms with Gasteiger partial charge in [-0.05, 0) is 18.9 Å². The largest absolute Gasteiger partial charge is 0.490 e. The summed E-state index contributed by atoms with van der Waals surface area (Å²) in [6.45, 7) is 2.67. The van der Waals surface area contributed by atoms with Gasteiger partial charge < -0.3 is 19.0 Å². The molecule has 0 bridgehead atoms. The highest BCUT2D eigenvalue weighted by Gasteiger charge is 2.11. The van der Waals surface area contributed by atoms with Gasteiger partial charge in [0.2, 0.25) is 0 Å². The molecule has 2 rings (SSSR count). The predicted molar refractivity (Wildman–Crippen MR) is 110 cm³/mol. The third-order valence-corrected chi connectivity index (χ3v) is 4.47. The van der Waals surface area contributed by atoms with Crippen molar-refractivity contribution in [2.24, 2.45) is 5.16 Å². The molecule has 5 nitrogen and oxygen atoms in total. The normalized spacial score (nSPS) is 13.9. The Morgan fingerprint density at radius 3 is 2.37 bits per heavy atom. The summed E-state index contributed by atoms with van der Waals surface area (Å²) in [5, 5.41) is 4.88. The Bertz CT molecular complexity index is 632. The summed E-state index contributed by atoms with van der Waals surface area (Å²) < 4.78 is 16.5. The van der Waals surface area contributed by atoms with Crippen LogP contribution in [0.4, 0.5) is 0 Å². The van der Waals surface area contributed by atoms with Gasteiger partial charge in [0.05, 0.1) is 35.6 Å². The maximum Gasteiger partial charge on any atom is 0.156 e. The van der Waals surface area contributed by atoms with Gasteiger partial charge in [0.25, 0.3) is 0 Å². The monoisotopic (exact) mass is 455 g/mol. The topological polar surface area (TPSA) is 49.3 Å². The number of nitrogens with zero attached hydrogens (tertiary/aromatic N) is 1. The second-order valence-corrected chi connectivity index (χ2v) is 7.50. The molecule has 1 aliphatic heterocycles. The van der Waals surface area contributed by atoms with E-state index >= 15 is 0 Å². The van der Waals surface area contributed by atoms with Crippen LogP contribution in [0, 0.1) is 0 Å². The van der Waals surface area contributed by atoms with Crippen LogP contribution in [0.5, 0.6) is 11.5 Å². The number of hydrogen-bond acceptors (Lipinski definition) is 5. The minimum Gasteiger partial charge on any atom is -0.490 e. The van der Waals surface area contributed by atoms with E-state index in [4.69, 9.17) is 65.5 Å². The molecule has 0 N–H and O–H groups in total. The van der Waals surface area contributed by atoms with Gasteiger partial charge in [-0.25, -0.2) is 0 Å². The first-order valence-corrected chi connectivity index (χ1v) is 10.1. The third-order valence-electron chi connectivity index (χ3n) is 3.60. The second-order valence-electron chi connectivity index (χ2n) is 5.68. The van der Waals surface area contributed by atoms with Gasteiger partial charge in [0, 0.05) is 25.0 Å². The van der Waals surface area contributed by atoms with Crippen LogP contribution in [0.1, 0.15) is 25.7 Å². The van der Waals surface area contributed by atoms with Crippen molar-refractivity contribution in [3.05, 3.63) is 32.7 Å². The first-order chi connectivity index (χ1) is 13.1. The van der Waals surface area contributed by atoms with E-state index in [0.717, 1.165) is 44.6 Å². The van der Waals surface area contributed by atoms with Crippen LogP contribution in [0.2, 0.25) is 10.0 Å². The van der Waals surface area contributed by atoms with E-state index in [-0.39, 0.29) is 11.1 Å². The van der Waals surface area contributed by atoms with Crippen LogP contribution in [0.15, 0.2) is 27.9 Å². The van der Waals surface area contributed by atoms with E-state index in [1.807, 2.05) is 0 Å². The molecule has 1 heterocycles. The molecule has 0 aliphatic carbocycles. The van der Waals surface area contributed by atoms with Crippen LogP contribution in [0.25, 0.3) is 0 Å². The van der Waals surface area contributed by atoms with Gasteiger partial charge in [-0.3, -0.25) is 0 Å². The van der Waals surface area contributed by atoms with Crippen molar-refractivity contribution < 1.29 is 19.0 Å². The first-order valence-electron chi connectivity index (χ1n) is 8.57. The van der Waals surface area contributed by atoms with Gasteiger partial charge in [-0.2, -0.15) is 0 Å². The van der Waals surface area contributed by atoms with Crippen molar-refractivity contribution in [2.45, 2.75) is 25.7 Å². The zero-order valence-electron chi connectivity index (χ0n) is 14.7. The van der Waals surface area contributed by atoms with Gasteiger partial charge in [-0.15, -0.1) is 0 Å². The number of ether oxygens (including phenoxy) is 3. The SMILES string of the molecule is ClC(Cl)=CCOc1cc(Cl)c(OCCCCON=C2CCOCC2)c(Cl)c1. The van der Waals surface area contributed by atoms with E-state index in [0.29, 0.717) is 34.8 Å². The number of hydrogen-bond donors (Lipinski definition) is 0. The molecular formula is C18H21Cl4NO4. The summed E-state index contributed by atoms with van der Waals surface area (Å²) in [5.74, 6) is 0.934. The van der Waals surface area contributed by atoms with Crippen LogP contribution in [0.3, 0.4) is 0 Å². The summed E-state index contributed by atoms with van der Waals surface area (Å²) in [6.07, 6.45) is 4.81. The van der Waals surface area contributed by atoms with E-state index in [2.05, 4.69) is 5.16 Å². The summed E-state index contributed by atoms with van der Waals surface area (Å²) in [5.41, 5.74) is 1.06. The summed E-state index contributed by atoms with van der Waals surface area (Å²) >= 11 is 23.5. The quantitative estimate of drug-likeness (QED) is 0.318. The lowest BCUT2D eigenvalue weighted by molar-refractivity contribution is 0.115. The smallest absolute Gasteiger partial charge is 0.156 e. The highest BCUT2D eigenvalue weighted by atomic mass is 35.5. The molecule has 150 valence electrons. The molecule has 1 fully saturated rings. The lowest BCUT2D eigenvalue weighted by Gasteiger charge is -2.13. The Labute approximate surface area is 179 Å². The second kappa shape index (κ2) is 12.6. The molecule has 0 spiro atoms. The molecule has 0 radical (unpaired) electrons. The minimum absolute atomic E-state index is 0.135. The molecule has 0 aromatic heterocycles. The molecule has 1 aromatic carbocycles. The van der Waals surface area contributed by atoms with Crippen LogP contribution in [-0.2, 0) is 9.57 Å². The van der Waals surface area contributed by atoms with Crippen LogP contribution < -0.4 is 9.47 Å². The van der Waals surface area contributed by atoms with Crippen LogP contribution in [-0.4, -0.2) is 38.7 Å². The van der Waals surface area contributed by atoms with E-state index < -0.39 is 0 Å². The molecule has 9 heteroatoms. The fraction of sp³-hybridized carbons (Fsp3) is 0.500. The summed E-state index contributed by atoms with van der Waals surface area (Å²) in [6, 6.07) is 3.26. The zero-order valence-corrected chi connectivity index (χ0v) is 17.7. The highest BCUT2D eigenvalue weighted by molar-refractivity contribution is 6.55. The molecule has 1 saturated heterocycles. The van der Waals surface area contributed by atoms with Gasteiger partial charge in [-0.1, -0.05) is 51.6 Å². The van der Waals surface area contributed by atoms with E-state index in [1.165, 1.54) is 6.08 Å². The van der Waals surface area contributed by atoms with Crippen LogP contribution >= 0.6 is 46.4 Å². The number of halogens is 4. The van der Waals surface area contributed by atoms with Gasteiger partial charge >= 0.3 is 0 Å². The van der Waals surface area contributed by atoms with Crippen molar-refractivity contribution in [3.8, 4) is 11.5 Å². The zero-order chi connectivity index (χ0) is 19.5. The number of rotatable bonds is 10. The minimum atomic E-state index is 0.135. The first kappa shape index (κ1) is 22.4. The van der Waals surface area contributed by atoms with Gasteiger partial charge in [0.15, 0.2) is 5.75 Å². The fourth-order valence-corrected chi connectivity index (χ4v) is 2.94. The van der Waals surface area contributed by atoms with Crippen molar-refractivity contribution in [1.29, 1.82) is 0 Å². The Balaban J connectivity index is 1.68. The Hall–Kier alpha value is -0.850. The predicted octanol–water partition coefficient (Wildman–Crippen LogP) is 6.03. The molecule has 0 unspecified atom stereocenters. The van der Waals surface area contributed by atoms with Crippen molar-refractivity contribution in [2.75, 3.05) is 33.0 Å². The van der Waals surface area contributed by atoms with Gasteiger partial charge in [0.1, 0.15) is 23.5 Å². The maximum atomic E-state index is 6.22. The Morgan fingerprint density at radius 2 is 1.70 bits per heavy atom. The average molecular weight is 457 g/mol. The average Bonchev–Trinajstić information content (AvgIpc) is 2.63. The number of oxime groups is 1. The fourth-order valence-electron chi connectivity index (χ4n) is 2.24. The lowest BCUT2D eigenvalue weighted by Crippen LogP contribution is -2.15. The lowest BCUT2D eigenvalue weighted by atomic mass is 10.2. The Kier molecular flexibility index (Phi) is 10.5. The molecule has 1 aromatic rings. The highest BCUT2D eigenvalue weighted by Crippen LogP contribution is 2.37. The van der Waals surface area contributed by atoms with E-state index in [9.17, 15) is 0 Å². The van der Waals surface area contributed by atoms with Crippen molar-refractivity contribution in [1.82, 2.24) is 0 Å². The summed E-state index contributed by atoms with van der Waals surface area (Å²) in [7, 11) is 0. The van der Waals surface area contributed by atoms with Crippen molar-refractivity contribution in [3.63, 3.8) is 0 Å². The summed E-state index contributed by atoms with van der Waals surface area (Å²) in [4.78, 5) is 5.33. The molecular weight excluding hydrogens is 436 g/mol. The van der Waals surface area contributed by atoms with E-state index in [1.54, 1.807) is 12.1 Å². The molecule has 27 heavy (non-hydrogen) atoms. The van der Waals surface area contributed by atoms with Crippen molar-refractivity contribution >= 4 is 52.1 Å². The Morgan fingerprint density at radius 1 is 1.04 bits per heavy atom. The number of benzene rings is 1. The molecule has 0 atom stereocenters. The standard InChI is InChI=1S/C18H21Cl4NO4/c19-15-11-14(25-10-5-17(21)22)12-16(20)18(15)26-6-1-2-7-27-23-13-3-8-24-9-4-13/h5,11-12H,1-4,6-10H2. The third kappa shape index (κ3) is 8.79. The maximum absolute atomic E-state index is 6.22.